The Kier molecular flexibility index (Phi) is 9.04. The Morgan fingerprint density at radius 2 is 1.67 bits per heavy atom. The van der Waals surface area contributed by atoms with Crippen LogP contribution in [-0.2, 0) is 45.8 Å². The van der Waals surface area contributed by atoms with Gasteiger partial charge in [0.2, 0.25) is 17.6 Å². The third kappa shape index (κ3) is 5.50. The molecule has 4 aliphatic rings. The zero-order valence-corrected chi connectivity index (χ0v) is 28.2. The molecule has 3 aromatic carbocycles. The van der Waals surface area contributed by atoms with Gasteiger partial charge in [-0.1, -0.05) is 72.8 Å². The molecule has 252 valence electrons. The predicted molar refractivity (Wildman–Crippen MR) is 177 cm³/mol. The van der Waals surface area contributed by atoms with Crippen molar-refractivity contribution in [2.75, 3.05) is 13.2 Å². The van der Waals surface area contributed by atoms with E-state index in [1.807, 2.05) is 84.9 Å². The van der Waals surface area contributed by atoms with Crippen LogP contribution < -0.4 is 10.6 Å². The molecule has 3 aliphatic heterocycles. The summed E-state index contributed by atoms with van der Waals surface area (Å²) in [5, 5.41) is 26.5. The second kappa shape index (κ2) is 13.1. The molecule has 4 fully saturated rings. The summed E-state index contributed by atoms with van der Waals surface area (Å²) in [6.45, 7) is 1.16. The Labute approximate surface area is 290 Å². The summed E-state index contributed by atoms with van der Waals surface area (Å²) in [7, 11) is 0. The second-order valence-corrected chi connectivity index (χ2v) is 13.8. The maximum absolute atomic E-state index is 14.7. The van der Waals surface area contributed by atoms with E-state index in [9.17, 15) is 24.6 Å². The van der Waals surface area contributed by atoms with Gasteiger partial charge in [0.15, 0.2) is 6.04 Å². The number of esters is 1. The molecule has 8 atom stereocenters. The molecule has 0 radical (unpaired) electrons. The van der Waals surface area contributed by atoms with E-state index in [-0.39, 0.29) is 26.1 Å². The molecule has 3 heterocycles. The van der Waals surface area contributed by atoms with E-state index in [0.717, 1.165) is 9.13 Å². The molecule has 3 saturated heterocycles. The lowest BCUT2D eigenvalue weighted by Crippen LogP contribution is -2.71. The Balaban J connectivity index is 1.32. The summed E-state index contributed by atoms with van der Waals surface area (Å²) in [5.74, 6) is -3.41. The van der Waals surface area contributed by atoms with Crippen molar-refractivity contribution in [3.63, 3.8) is 0 Å². The van der Waals surface area contributed by atoms with Crippen molar-refractivity contribution in [1.82, 2.24) is 15.7 Å². The van der Waals surface area contributed by atoms with Crippen LogP contribution >= 0.6 is 22.6 Å². The average molecular weight is 770 g/mol. The highest BCUT2D eigenvalue weighted by molar-refractivity contribution is 14.1. The first-order valence-corrected chi connectivity index (χ1v) is 17.0. The monoisotopic (exact) mass is 769 g/mol. The number of fused-ring (bicyclic) bond motifs is 4. The highest BCUT2D eigenvalue weighted by Gasteiger charge is 2.76. The van der Waals surface area contributed by atoms with Crippen molar-refractivity contribution in [3.05, 3.63) is 105 Å². The molecule has 0 aromatic heterocycles. The van der Waals surface area contributed by atoms with Gasteiger partial charge in [0.25, 0.3) is 0 Å². The van der Waals surface area contributed by atoms with Gasteiger partial charge in [-0.15, -0.1) is 0 Å². The minimum absolute atomic E-state index is 0.0255. The van der Waals surface area contributed by atoms with Gasteiger partial charge in [-0.25, -0.2) is 0 Å². The number of amides is 2. The van der Waals surface area contributed by atoms with Crippen LogP contribution in [0.15, 0.2) is 84.9 Å². The van der Waals surface area contributed by atoms with Gasteiger partial charge in [-0.2, -0.15) is 5.06 Å². The van der Waals surface area contributed by atoms with Crippen LogP contribution in [0.3, 0.4) is 0 Å². The SMILES string of the molecule is C[C@H](O)[C@@H](NC(=O)[C@@]12C[C@H]3OC(=O)[C@@H]1N(Cc1cccc(I)c1)O[C@@H]2[C@H]1OC(c2ccccc2)(c2ccccc2)O[C@H]13)C(=O)NCCO. The summed E-state index contributed by atoms with van der Waals surface area (Å²) in [6.07, 6.45) is -4.88. The zero-order valence-electron chi connectivity index (χ0n) is 26.0. The summed E-state index contributed by atoms with van der Waals surface area (Å²) in [4.78, 5) is 48.4. The van der Waals surface area contributed by atoms with Gasteiger partial charge in [0.1, 0.15) is 35.9 Å². The number of nitrogens with zero attached hydrogens (tertiary/aromatic N) is 1. The van der Waals surface area contributed by atoms with Crippen molar-refractivity contribution in [2.24, 2.45) is 5.41 Å². The molecule has 48 heavy (non-hydrogen) atoms. The van der Waals surface area contributed by atoms with Crippen molar-refractivity contribution in [2.45, 2.75) is 68.3 Å². The number of carbonyl (C=O) groups excluding carboxylic acids is 3. The highest BCUT2D eigenvalue weighted by Crippen LogP contribution is 2.59. The van der Waals surface area contributed by atoms with Crippen molar-refractivity contribution in [3.8, 4) is 0 Å². The van der Waals surface area contributed by atoms with Crippen LogP contribution in [0.4, 0.5) is 0 Å². The number of nitrogens with one attached hydrogen (secondary N) is 2. The number of hydrogen-bond acceptors (Lipinski definition) is 10. The zero-order chi connectivity index (χ0) is 33.6. The minimum Gasteiger partial charge on any atom is -0.458 e. The first-order chi connectivity index (χ1) is 23.2. The molecule has 0 unspecified atom stereocenters. The molecular weight excluding hydrogens is 733 g/mol. The molecule has 0 spiro atoms. The van der Waals surface area contributed by atoms with Gasteiger partial charge in [-0.3, -0.25) is 19.2 Å². The van der Waals surface area contributed by atoms with Gasteiger partial charge in [-0.05, 0) is 47.2 Å². The Morgan fingerprint density at radius 1 is 1.00 bits per heavy atom. The average Bonchev–Trinajstić information content (AvgIpc) is 3.66. The molecule has 7 rings (SSSR count). The maximum atomic E-state index is 14.7. The van der Waals surface area contributed by atoms with E-state index >= 15 is 0 Å². The normalized spacial score (nSPS) is 29.8. The number of halogens is 1. The van der Waals surface area contributed by atoms with Crippen LogP contribution in [0.25, 0.3) is 0 Å². The predicted octanol–water partition coefficient (Wildman–Crippen LogP) is 1.75. The quantitative estimate of drug-likeness (QED) is 0.177. The minimum atomic E-state index is -1.58. The number of rotatable bonds is 10. The van der Waals surface area contributed by atoms with Crippen LogP contribution in [-0.4, -0.2) is 88.8 Å². The van der Waals surface area contributed by atoms with Gasteiger partial charge in [0, 0.05) is 27.7 Å². The number of aliphatic hydroxyl groups excluding tert-OH is 2. The van der Waals surface area contributed by atoms with E-state index in [0.29, 0.717) is 11.1 Å². The first-order valence-electron chi connectivity index (χ1n) is 15.9. The number of benzene rings is 3. The van der Waals surface area contributed by atoms with E-state index < -0.39 is 71.6 Å². The molecule has 2 bridgehead atoms. The van der Waals surface area contributed by atoms with Crippen molar-refractivity contribution < 1.29 is 43.6 Å². The number of hydroxylamine groups is 2. The van der Waals surface area contributed by atoms with Crippen LogP contribution in [0.1, 0.15) is 30.0 Å². The Hall–Kier alpha value is -3.44. The fourth-order valence-electron chi connectivity index (χ4n) is 7.47. The van der Waals surface area contributed by atoms with Crippen molar-refractivity contribution in [1.29, 1.82) is 0 Å². The maximum Gasteiger partial charge on any atom is 0.327 e. The third-order valence-electron chi connectivity index (χ3n) is 9.58. The molecule has 12 nitrogen and oxygen atoms in total. The fourth-order valence-corrected chi connectivity index (χ4v) is 8.08. The summed E-state index contributed by atoms with van der Waals surface area (Å²) in [5.41, 5.74) is 0.689. The molecule has 3 aromatic rings. The molecule has 1 saturated carbocycles. The van der Waals surface area contributed by atoms with E-state index in [1.54, 1.807) is 0 Å². The first kappa shape index (κ1) is 33.1. The smallest absolute Gasteiger partial charge is 0.327 e. The lowest BCUT2D eigenvalue weighted by atomic mass is 9.62. The lowest BCUT2D eigenvalue weighted by Gasteiger charge is -2.49. The van der Waals surface area contributed by atoms with Gasteiger partial charge < -0.3 is 35.1 Å². The summed E-state index contributed by atoms with van der Waals surface area (Å²) in [6, 6.07) is 24.0. The third-order valence-corrected chi connectivity index (χ3v) is 10.2. The van der Waals surface area contributed by atoms with Crippen LogP contribution in [0.2, 0.25) is 0 Å². The van der Waals surface area contributed by atoms with E-state index in [1.165, 1.54) is 12.0 Å². The lowest BCUT2D eigenvalue weighted by molar-refractivity contribution is -0.213. The molecule has 2 amide bonds. The number of carbonyl (C=O) groups is 3. The van der Waals surface area contributed by atoms with Gasteiger partial charge in [0.05, 0.1) is 19.3 Å². The molecular formula is C35H36IN3O9. The number of hydrogen-bond donors (Lipinski definition) is 4. The number of ether oxygens (including phenoxy) is 3. The van der Waals surface area contributed by atoms with Gasteiger partial charge >= 0.3 is 5.97 Å². The standard InChI is InChI=1S/C35H36IN3O9/c1-20(41)26(31(42)37-15-16-40)38-33(44)34-18-25-27-28(47-35(46-27,22-10-4-2-5-11-22)23-12-6-3-7-13-23)30(34)48-39(29(34)32(43)45-25)19-21-9-8-14-24(36)17-21/h2-14,17,20,25-30,40-41H,15-16,18-19H2,1H3,(H,37,42)(H,38,44)/t20-,25+,26+,27-,28-,29-,30+,34-/m0/s1. The summed E-state index contributed by atoms with van der Waals surface area (Å²) >= 11 is 2.21. The molecule has 1 aliphatic carbocycles. The van der Waals surface area contributed by atoms with Crippen LogP contribution in [0.5, 0.6) is 0 Å². The second-order valence-electron chi connectivity index (χ2n) is 12.6. The van der Waals surface area contributed by atoms with E-state index in [2.05, 4.69) is 33.2 Å². The summed E-state index contributed by atoms with van der Waals surface area (Å²) < 4.78 is 20.9. The Morgan fingerprint density at radius 3 is 2.29 bits per heavy atom. The molecule has 13 heteroatoms. The highest BCUT2D eigenvalue weighted by atomic mass is 127. The topological polar surface area (TPSA) is 156 Å². The van der Waals surface area contributed by atoms with Crippen molar-refractivity contribution >= 4 is 40.4 Å². The molecule has 4 N–H and O–H groups in total. The van der Waals surface area contributed by atoms with E-state index in [4.69, 9.17) is 19.0 Å². The Bertz CT molecular complexity index is 1640. The van der Waals surface area contributed by atoms with Crippen LogP contribution in [0, 0.1) is 8.99 Å². The largest absolute Gasteiger partial charge is 0.458 e. The number of aliphatic hydroxyl groups is 2. The fraction of sp³-hybridized carbons (Fsp3) is 0.400.